The van der Waals surface area contributed by atoms with Gasteiger partial charge in [-0.2, -0.15) is 0 Å². The van der Waals surface area contributed by atoms with E-state index in [2.05, 4.69) is 0 Å². The lowest BCUT2D eigenvalue weighted by Crippen LogP contribution is -2.09. The van der Waals surface area contributed by atoms with Gasteiger partial charge in [0.05, 0.1) is 0 Å². The van der Waals surface area contributed by atoms with Crippen molar-refractivity contribution in [2.45, 2.75) is 32.1 Å². The molecule has 1 nitrogen and oxygen atoms in total. The Bertz CT molecular complexity index is 314. The minimum atomic E-state index is -2.82. The molecule has 1 atom stereocenters. The molecule has 0 aliphatic carbocycles. The molecule has 0 heterocycles. The van der Waals surface area contributed by atoms with Crippen LogP contribution in [-0.4, -0.2) is 11.7 Å². The zero-order valence-electron chi connectivity index (χ0n) is 9.00. The number of hydrogen-bond donors (Lipinski definition) is 1. The Balaban J connectivity index is 3.02. The van der Waals surface area contributed by atoms with Gasteiger partial charge in [0.15, 0.2) is 0 Å². The standard InChI is InChI=1S/C12H16F2O/c1-3-9(8-15)10-5-4-6-11(7-10)12(2,13)14/h4-7,9,15H,3,8H2,1-2H3. The fraction of sp³-hybridized carbons (Fsp3) is 0.500. The molecule has 0 radical (unpaired) electrons. The zero-order valence-corrected chi connectivity index (χ0v) is 9.00. The summed E-state index contributed by atoms with van der Waals surface area (Å²) in [6, 6.07) is 6.28. The fourth-order valence-corrected chi connectivity index (χ4v) is 1.54. The van der Waals surface area contributed by atoms with E-state index < -0.39 is 5.92 Å². The van der Waals surface area contributed by atoms with Crippen LogP contribution in [0.2, 0.25) is 0 Å². The molecule has 0 aliphatic rings. The highest BCUT2D eigenvalue weighted by Gasteiger charge is 2.24. The molecular formula is C12H16F2O. The van der Waals surface area contributed by atoms with E-state index in [-0.39, 0.29) is 18.1 Å². The molecule has 0 saturated carbocycles. The third-order valence-corrected chi connectivity index (χ3v) is 2.58. The molecule has 0 fully saturated rings. The van der Waals surface area contributed by atoms with Gasteiger partial charge in [-0.05, 0) is 18.1 Å². The molecule has 1 rings (SSSR count). The minimum absolute atomic E-state index is 0.00472. The molecule has 84 valence electrons. The predicted molar refractivity (Wildman–Crippen MR) is 56.1 cm³/mol. The summed E-state index contributed by atoms with van der Waals surface area (Å²) in [5.74, 6) is -2.86. The molecule has 1 N–H and O–H groups in total. The number of benzene rings is 1. The number of rotatable bonds is 4. The van der Waals surface area contributed by atoms with E-state index in [9.17, 15) is 8.78 Å². The normalized spacial score (nSPS) is 13.9. The zero-order chi connectivity index (χ0) is 11.5. The first-order valence-corrected chi connectivity index (χ1v) is 5.08. The van der Waals surface area contributed by atoms with Crippen LogP contribution in [0, 0.1) is 0 Å². The van der Waals surface area contributed by atoms with Crippen molar-refractivity contribution in [1.82, 2.24) is 0 Å². The summed E-state index contributed by atoms with van der Waals surface area (Å²) >= 11 is 0. The summed E-state index contributed by atoms with van der Waals surface area (Å²) in [6.07, 6.45) is 0.745. The number of halogens is 2. The monoisotopic (exact) mass is 214 g/mol. The molecule has 0 bridgehead atoms. The van der Waals surface area contributed by atoms with Crippen molar-refractivity contribution in [1.29, 1.82) is 0 Å². The summed E-state index contributed by atoms with van der Waals surface area (Å²) in [4.78, 5) is 0. The maximum atomic E-state index is 13.0. The number of alkyl halides is 2. The van der Waals surface area contributed by atoms with E-state index in [1.807, 2.05) is 6.92 Å². The minimum Gasteiger partial charge on any atom is -0.396 e. The van der Waals surface area contributed by atoms with E-state index >= 15 is 0 Å². The molecule has 3 heteroatoms. The molecule has 0 amide bonds. The van der Waals surface area contributed by atoms with Gasteiger partial charge in [0.2, 0.25) is 0 Å². The fourth-order valence-electron chi connectivity index (χ4n) is 1.54. The van der Waals surface area contributed by atoms with Crippen LogP contribution in [0.4, 0.5) is 8.78 Å². The summed E-state index contributed by atoms with van der Waals surface area (Å²) < 4.78 is 26.1. The summed E-state index contributed by atoms with van der Waals surface area (Å²) in [6.45, 7) is 2.80. The van der Waals surface area contributed by atoms with Crippen LogP contribution >= 0.6 is 0 Å². The smallest absolute Gasteiger partial charge is 0.270 e. The Morgan fingerprint density at radius 3 is 2.53 bits per heavy atom. The van der Waals surface area contributed by atoms with Gasteiger partial charge in [-0.15, -0.1) is 0 Å². The van der Waals surface area contributed by atoms with Gasteiger partial charge in [0.1, 0.15) is 0 Å². The van der Waals surface area contributed by atoms with Crippen molar-refractivity contribution < 1.29 is 13.9 Å². The third kappa shape index (κ3) is 2.99. The highest BCUT2D eigenvalue weighted by atomic mass is 19.3. The van der Waals surface area contributed by atoms with E-state index in [0.717, 1.165) is 18.9 Å². The van der Waals surface area contributed by atoms with E-state index in [1.165, 1.54) is 12.1 Å². The second-order valence-electron chi connectivity index (χ2n) is 3.80. The highest BCUT2D eigenvalue weighted by Crippen LogP contribution is 2.29. The Morgan fingerprint density at radius 1 is 1.40 bits per heavy atom. The Morgan fingerprint density at radius 2 is 2.07 bits per heavy atom. The van der Waals surface area contributed by atoms with Crippen molar-refractivity contribution in [3.63, 3.8) is 0 Å². The van der Waals surface area contributed by atoms with Crippen molar-refractivity contribution in [3.05, 3.63) is 35.4 Å². The quantitative estimate of drug-likeness (QED) is 0.815. The maximum absolute atomic E-state index is 13.0. The number of aliphatic hydroxyl groups is 1. The average Bonchev–Trinajstić information content (AvgIpc) is 2.19. The van der Waals surface area contributed by atoms with Crippen LogP contribution in [-0.2, 0) is 5.92 Å². The van der Waals surface area contributed by atoms with Crippen LogP contribution in [0.5, 0.6) is 0 Å². The Hall–Kier alpha value is -0.960. The highest BCUT2D eigenvalue weighted by molar-refractivity contribution is 5.29. The predicted octanol–water partition coefficient (Wildman–Crippen LogP) is 3.28. The van der Waals surface area contributed by atoms with Gasteiger partial charge >= 0.3 is 0 Å². The molecule has 1 aromatic rings. The van der Waals surface area contributed by atoms with Crippen LogP contribution < -0.4 is 0 Å². The molecular weight excluding hydrogens is 198 g/mol. The molecule has 0 saturated heterocycles. The van der Waals surface area contributed by atoms with E-state index in [0.29, 0.717) is 0 Å². The lowest BCUT2D eigenvalue weighted by atomic mass is 9.94. The van der Waals surface area contributed by atoms with E-state index in [4.69, 9.17) is 5.11 Å². The van der Waals surface area contributed by atoms with Crippen LogP contribution in [0.15, 0.2) is 24.3 Å². The van der Waals surface area contributed by atoms with Crippen LogP contribution in [0.1, 0.15) is 37.3 Å². The summed E-state index contributed by atoms with van der Waals surface area (Å²) in [5, 5.41) is 9.09. The Kier molecular flexibility index (Phi) is 3.80. The van der Waals surface area contributed by atoms with Gasteiger partial charge in [0, 0.05) is 25.0 Å². The van der Waals surface area contributed by atoms with Crippen molar-refractivity contribution in [2.75, 3.05) is 6.61 Å². The van der Waals surface area contributed by atoms with Crippen molar-refractivity contribution in [3.8, 4) is 0 Å². The number of aliphatic hydroxyl groups excluding tert-OH is 1. The van der Waals surface area contributed by atoms with Gasteiger partial charge < -0.3 is 5.11 Å². The van der Waals surface area contributed by atoms with Crippen molar-refractivity contribution >= 4 is 0 Å². The SMILES string of the molecule is CCC(CO)c1cccc(C(C)(F)F)c1. The maximum Gasteiger partial charge on any atom is 0.270 e. The van der Waals surface area contributed by atoms with E-state index in [1.54, 1.807) is 12.1 Å². The third-order valence-electron chi connectivity index (χ3n) is 2.58. The van der Waals surface area contributed by atoms with Gasteiger partial charge in [-0.25, -0.2) is 8.78 Å². The largest absolute Gasteiger partial charge is 0.396 e. The molecule has 1 unspecified atom stereocenters. The van der Waals surface area contributed by atoms with Crippen molar-refractivity contribution in [2.24, 2.45) is 0 Å². The van der Waals surface area contributed by atoms with Gasteiger partial charge in [-0.3, -0.25) is 0 Å². The summed E-state index contributed by atoms with van der Waals surface area (Å²) in [5.41, 5.74) is 0.783. The first-order chi connectivity index (χ1) is 6.99. The van der Waals surface area contributed by atoms with Crippen LogP contribution in [0.3, 0.4) is 0 Å². The first kappa shape index (κ1) is 12.1. The molecule has 0 aromatic heterocycles. The lowest BCUT2D eigenvalue weighted by molar-refractivity contribution is 0.0173. The van der Waals surface area contributed by atoms with Gasteiger partial charge in [0.25, 0.3) is 5.92 Å². The first-order valence-electron chi connectivity index (χ1n) is 5.08. The number of hydrogen-bond acceptors (Lipinski definition) is 1. The Labute approximate surface area is 88.7 Å². The molecule has 0 aliphatic heterocycles. The molecule has 0 spiro atoms. The second kappa shape index (κ2) is 4.71. The topological polar surface area (TPSA) is 20.2 Å². The van der Waals surface area contributed by atoms with Crippen LogP contribution in [0.25, 0.3) is 0 Å². The lowest BCUT2D eigenvalue weighted by Gasteiger charge is -2.16. The second-order valence-corrected chi connectivity index (χ2v) is 3.80. The summed E-state index contributed by atoms with van der Waals surface area (Å²) in [7, 11) is 0. The molecule has 15 heavy (non-hydrogen) atoms. The average molecular weight is 214 g/mol. The van der Waals surface area contributed by atoms with Gasteiger partial charge in [-0.1, -0.05) is 25.1 Å². The molecule has 1 aromatic carbocycles.